The lowest BCUT2D eigenvalue weighted by Gasteiger charge is -2.10. The standard InChI is InChI=1S/C13H22N2O3S/c1-3-4-8-18-9-7-15-19(16,17)13-6-5-12(14)10-11(13)2/h5-6,10,15H,3-4,7-9,14H2,1-2H3. The van der Waals surface area contributed by atoms with Crippen LogP contribution in [0.3, 0.4) is 0 Å². The van der Waals surface area contributed by atoms with Crippen LogP contribution in [0, 0.1) is 6.92 Å². The molecule has 0 saturated carbocycles. The fourth-order valence-corrected chi connectivity index (χ4v) is 2.89. The van der Waals surface area contributed by atoms with Gasteiger partial charge in [0.25, 0.3) is 0 Å². The number of unbranched alkanes of at least 4 members (excludes halogenated alkanes) is 1. The highest BCUT2D eigenvalue weighted by Crippen LogP contribution is 2.17. The predicted octanol–water partition coefficient (Wildman–Crippen LogP) is 1.67. The zero-order chi connectivity index (χ0) is 14.3. The largest absolute Gasteiger partial charge is 0.399 e. The number of anilines is 1. The summed E-state index contributed by atoms with van der Waals surface area (Å²) in [5.41, 5.74) is 6.80. The van der Waals surface area contributed by atoms with Crippen LogP contribution in [0.5, 0.6) is 0 Å². The summed E-state index contributed by atoms with van der Waals surface area (Å²) in [5.74, 6) is 0. The van der Waals surface area contributed by atoms with Crippen molar-refractivity contribution in [3.05, 3.63) is 23.8 Å². The number of benzene rings is 1. The highest BCUT2D eigenvalue weighted by molar-refractivity contribution is 7.89. The van der Waals surface area contributed by atoms with E-state index in [0.29, 0.717) is 24.5 Å². The first-order chi connectivity index (χ1) is 8.97. The fourth-order valence-electron chi connectivity index (χ4n) is 1.65. The van der Waals surface area contributed by atoms with Gasteiger partial charge < -0.3 is 10.5 Å². The monoisotopic (exact) mass is 286 g/mol. The molecule has 0 heterocycles. The number of hydrogen-bond donors (Lipinski definition) is 2. The Kier molecular flexibility index (Phi) is 6.27. The highest BCUT2D eigenvalue weighted by Gasteiger charge is 2.15. The number of nitrogens with one attached hydrogen (secondary N) is 1. The first-order valence-corrected chi connectivity index (χ1v) is 7.89. The molecule has 0 amide bonds. The molecule has 0 spiro atoms. The van der Waals surface area contributed by atoms with E-state index >= 15 is 0 Å². The maximum absolute atomic E-state index is 12.0. The summed E-state index contributed by atoms with van der Waals surface area (Å²) >= 11 is 0. The second kappa shape index (κ2) is 7.47. The zero-order valence-electron chi connectivity index (χ0n) is 11.5. The molecule has 108 valence electrons. The summed E-state index contributed by atoms with van der Waals surface area (Å²) < 4.78 is 31.9. The minimum atomic E-state index is -3.49. The van der Waals surface area contributed by atoms with Gasteiger partial charge in [0.15, 0.2) is 0 Å². The van der Waals surface area contributed by atoms with Gasteiger partial charge in [-0.1, -0.05) is 13.3 Å². The first-order valence-electron chi connectivity index (χ1n) is 6.41. The lowest BCUT2D eigenvalue weighted by atomic mass is 10.2. The van der Waals surface area contributed by atoms with Crippen molar-refractivity contribution in [2.75, 3.05) is 25.5 Å². The van der Waals surface area contributed by atoms with Crippen molar-refractivity contribution in [2.24, 2.45) is 0 Å². The smallest absolute Gasteiger partial charge is 0.240 e. The summed E-state index contributed by atoms with van der Waals surface area (Å²) in [5, 5.41) is 0. The molecule has 0 fully saturated rings. The maximum atomic E-state index is 12.0. The van der Waals surface area contributed by atoms with Crippen LogP contribution >= 0.6 is 0 Å². The molecule has 5 nitrogen and oxygen atoms in total. The van der Waals surface area contributed by atoms with Gasteiger partial charge in [-0.15, -0.1) is 0 Å². The van der Waals surface area contributed by atoms with E-state index in [9.17, 15) is 8.42 Å². The van der Waals surface area contributed by atoms with Gasteiger partial charge >= 0.3 is 0 Å². The summed E-state index contributed by atoms with van der Waals surface area (Å²) in [6, 6.07) is 4.75. The first kappa shape index (κ1) is 15.9. The number of rotatable bonds is 8. The number of aryl methyl sites for hydroxylation is 1. The van der Waals surface area contributed by atoms with Gasteiger partial charge in [-0.2, -0.15) is 0 Å². The van der Waals surface area contributed by atoms with Crippen molar-refractivity contribution in [2.45, 2.75) is 31.6 Å². The molecule has 0 atom stereocenters. The molecule has 0 aliphatic heterocycles. The topological polar surface area (TPSA) is 81.4 Å². The Morgan fingerprint density at radius 1 is 1.32 bits per heavy atom. The van der Waals surface area contributed by atoms with Gasteiger partial charge in [0.2, 0.25) is 10.0 Å². The third-order valence-electron chi connectivity index (χ3n) is 2.67. The highest BCUT2D eigenvalue weighted by atomic mass is 32.2. The summed E-state index contributed by atoms with van der Waals surface area (Å²) in [6.45, 7) is 5.13. The molecule has 1 aromatic carbocycles. The van der Waals surface area contributed by atoms with E-state index in [4.69, 9.17) is 10.5 Å². The number of ether oxygens (including phenoxy) is 1. The quantitative estimate of drug-likeness (QED) is 0.562. The normalized spacial score (nSPS) is 11.7. The van der Waals surface area contributed by atoms with E-state index < -0.39 is 10.0 Å². The van der Waals surface area contributed by atoms with Gasteiger partial charge in [0, 0.05) is 18.8 Å². The Labute approximate surface area is 115 Å². The van der Waals surface area contributed by atoms with Gasteiger partial charge in [-0.3, -0.25) is 0 Å². The third kappa shape index (κ3) is 5.18. The average molecular weight is 286 g/mol. The Hall–Kier alpha value is -1.11. The lowest BCUT2D eigenvalue weighted by Crippen LogP contribution is -2.28. The van der Waals surface area contributed by atoms with E-state index in [1.807, 2.05) is 0 Å². The minimum absolute atomic E-state index is 0.259. The van der Waals surface area contributed by atoms with Crippen LogP contribution in [0.4, 0.5) is 5.69 Å². The number of hydrogen-bond acceptors (Lipinski definition) is 4. The van der Waals surface area contributed by atoms with Crippen LogP contribution in [0.2, 0.25) is 0 Å². The molecule has 0 aromatic heterocycles. The van der Waals surface area contributed by atoms with Crippen LogP contribution in [0.15, 0.2) is 23.1 Å². The van der Waals surface area contributed by atoms with E-state index in [1.54, 1.807) is 19.1 Å². The van der Waals surface area contributed by atoms with Crippen LogP contribution in [0.25, 0.3) is 0 Å². The van der Waals surface area contributed by atoms with Gasteiger partial charge in [0.1, 0.15) is 0 Å². The second-order valence-corrected chi connectivity index (χ2v) is 6.12. The van der Waals surface area contributed by atoms with Crippen molar-refractivity contribution < 1.29 is 13.2 Å². The van der Waals surface area contributed by atoms with E-state index in [-0.39, 0.29) is 11.4 Å². The van der Waals surface area contributed by atoms with Crippen molar-refractivity contribution in [1.82, 2.24) is 4.72 Å². The fraction of sp³-hybridized carbons (Fsp3) is 0.538. The zero-order valence-corrected chi connectivity index (χ0v) is 12.3. The second-order valence-electron chi connectivity index (χ2n) is 4.39. The molecule has 6 heteroatoms. The molecule has 3 N–H and O–H groups in total. The average Bonchev–Trinajstić information content (AvgIpc) is 2.33. The summed E-state index contributed by atoms with van der Waals surface area (Å²) in [7, 11) is -3.49. The molecule has 0 saturated heterocycles. The molecule has 1 aromatic rings. The minimum Gasteiger partial charge on any atom is -0.399 e. The van der Waals surface area contributed by atoms with Gasteiger partial charge in [-0.05, 0) is 37.1 Å². The molecule has 0 aliphatic carbocycles. The Morgan fingerprint density at radius 2 is 2.05 bits per heavy atom. The Balaban J connectivity index is 2.52. The van der Waals surface area contributed by atoms with Crippen LogP contribution in [-0.2, 0) is 14.8 Å². The summed E-state index contributed by atoms with van der Waals surface area (Å²) in [6.07, 6.45) is 2.06. The van der Waals surface area contributed by atoms with Crippen molar-refractivity contribution in [3.8, 4) is 0 Å². The predicted molar refractivity (Wildman–Crippen MR) is 76.5 cm³/mol. The van der Waals surface area contributed by atoms with E-state index in [2.05, 4.69) is 11.6 Å². The molecule has 0 aliphatic rings. The van der Waals surface area contributed by atoms with Crippen molar-refractivity contribution in [3.63, 3.8) is 0 Å². The van der Waals surface area contributed by atoms with Crippen molar-refractivity contribution >= 4 is 15.7 Å². The van der Waals surface area contributed by atoms with Gasteiger partial charge in [0.05, 0.1) is 11.5 Å². The van der Waals surface area contributed by atoms with E-state index in [0.717, 1.165) is 12.8 Å². The molecule has 0 bridgehead atoms. The Morgan fingerprint density at radius 3 is 2.68 bits per heavy atom. The molecule has 1 rings (SSSR count). The molecule has 0 radical (unpaired) electrons. The van der Waals surface area contributed by atoms with Crippen molar-refractivity contribution in [1.29, 1.82) is 0 Å². The van der Waals surface area contributed by atoms with E-state index in [1.165, 1.54) is 6.07 Å². The number of nitrogens with two attached hydrogens (primary N) is 1. The van der Waals surface area contributed by atoms with Crippen LogP contribution in [0.1, 0.15) is 25.3 Å². The third-order valence-corrected chi connectivity index (χ3v) is 4.29. The van der Waals surface area contributed by atoms with Crippen LogP contribution in [-0.4, -0.2) is 28.2 Å². The Bertz CT molecular complexity index is 501. The maximum Gasteiger partial charge on any atom is 0.240 e. The molecular weight excluding hydrogens is 264 g/mol. The van der Waals surface area contributed by atoms with Gasteiger partial charge in [-0.25, -0.2) is 13.1 Å². The molecular formula is C13H22N2O3S. The number of nitrogen functional groups attached to an aromatic ring is 1. The molecule has 0 unspecified atom stereocenters. The number of sulfonamides is 1. The molecule has 19 heavy (non-hydrogen) atoms. The SMILES string of the molecule is CCCCOCCNS(=O)(=O)c1ccc(N)cc1C. The lowest BCUT2D eigenvalue weighted by molar-refractivity contribution is 0.136. The van der Waals surface area contributed by atoms with Crippen LogP contribution < -0.4 is 10.5 Å². The summed E-state index contributed by atoms with van der Waals surface area (Å²) in [4.78, 5) is 0.259.